The molecule has 1 atom stereocenters. The van der Waals surface area contributed by atoms with E-state index < -0.39 is 22.0 Å². The Kier molecular flexibility index (Phi) is 6.23. The van der Waals surface area contributed by atoms with E-state index in [-0.39, 0.29) is 11.5 Å². The number of rotatable bonds is 7. The maximum absolute atomic E-state index is 12.4. The van der Waals surface area contributed by atoms with Crippen LogP contribution < -0.4 is 4.72 Å². The summed E-state index contributed by atoms with van der Waals surface area (Å²) in [4.78, 5) is 16.7. The summed E-state index contributed by atoms with van der Waals surface area (Å²) in [6, 6.07) is 15.1. The number of carbonyl (C=O) groups is 1. The van der Waals surface area contributed by atoms with Crippen molar-refractivity contribution in [2.45, 2.75) is 31.4 Å². The topological polar surface area (TPSA) is 85.4 Å². The lowest BCUT2D eigenvalue weighted by Gasteiger charge is -2.13. The molecule has 1 aromatic heterocycles. The first kappa shape index (κ1) is 20.2. The summed E-state index contributed by atoms with van der Waals surface area (Å²) >= 11 is 1.46. The number of sulfonamides is 1. The Bertz CT molecular complexity index is 1050. The molecule has 0 unspecified atom stereocenters. The Hall–Kier alpha value is -2.55. The lowest BCUT2D eigenvalue weighted by molar-refractivity contribution is -0.146. The minimum absolute atomic E-state index is 0.0151. The minimum atomic E-state index is -3.80. The van der Waals surface area contributed by atoms with Crippen LogP contribution >= 0.6 is 11.3 Å². The fourth-order valence-corrected chi connectivity index (χ4v) is 4.43. The van der Waals surface area contributed by atoms with Gasteiger partial charge in [0.05, 0.1) is 10.6 Å². The number of carbonyl (C=O) groups excluding carboxylic acids is 1. The van der Waals surface area contributed by atoms with Crippen molar-refractivity contribution >= 4 is 27.3 Å². The first-order valence-electron chi connectivity index (χ1n) is 8.60. The van der Waals surface area contributed by atoms with Gasteiger partial charge in [0.15, 0.2) is 0 Å². The van der Waals surface area contributed by atoms with Gasteiger partial charge >= 0.3 is 5.97 Å². The Labute approximate surface area is 168 Å². The summed E-state index contributed by atoms with van der Waals surface area (Å²) in [6.07, 6.45) is 0. The number of thiazole rings is 1. The molecule has 1 heterocycles. The number of nitrogens with one attached hydrogen (secondary N) is 1. The largest absolute Gasteiger partial charge is 0.458 e. The zero-order valence-electron chi connectivity index (χ0n) is 15.5. The summed E-state index contributed by atoms with van der Waals surface area (Å²) in [5.74, 6) is -0.662. The average molecular weight is 417 g/mol. The fraction of sp³-hybridized carbons (Fsp3) is 0.200. The SMILES string of the molecule is Cc1ccc(S(=O)(=O)N[C@@H](C)C(=O)OCc2csc(-c3ccccc3)n2)cc1. The van der Waals surface area contributed by atoms with Gasteiger partial charge < -0.3 is 4.74 Å². The van der Waals surface area contributed by atoms with Crippen molar-refractivity contribution in [3.05, 3.63) is 71.2 Å². The Balaban J connectivity index is 1.57. The summed E-state index contributed by atoms with van der Waals surface area (Å²) < 4.78 is 32.3. The molecule has 0 aliphatic carbocycles. The highest BCUT2D eigenvalue weighted by Crippen LogP contribution is 2.23. The van der Waals surface area contributed by atoms with Crippen LogP contribution in [0.4, 0.5) is 0 Å². The van der Waals surface area contributed by atoms with Crippen molar-refractivity contribution in [2.75, 3.05) is 0 Å². The quantitative estimate of drug-likeness (QED) is 0.596. The van der Waals surface area contributed by atoms with E-state index in [2.05, 4.69) is 9.71 Å². The van der Waals surface area contributed by atoms with Crippen LogP contribution in [-0.4, -0.2) is 25.4 Å². The number of ether oxygens (including phenoxy) is 1. The second-order valence-electron chi connectivity index (χ2n) is 6.27. The van der Waals surface area contributed by atoms with E-state index in [0.29, 0.717) is 5.69 Å². The number of hydrogen-bond donors (Lipinski definition) is 1. The number of aromatic nitrogens is 1. The first-order chi connectivity index (χ1) is 13.3. The van der Waals surface area contributed by atoms with E-state index in [1.807, 2.05) is 42.6 Å². The highest BCUT2D eigenvalue weighted by atomic mass is 32.2. The molecule has 2 aromatic carbocycles. The van der Waals surface area contributed by atoms with Crippen molar-refractivity contribution in [3.8, 4) is 10.6 Å². The molecule has 0 saturated carbocycles. The van der Waals surface area contributed by atoms with E-state index in [1.165, 1.54) is 30.4 Å². The number of aryl methyl sites for hydroxylation is 1. The van der Waals surface area contributed by atoms with Crippen LogP contribution in [0.1, 0.15) is 18.2 Å². The number of nitrogens with zero attached hydrogens (tertiary/aromatic N) is 1. The van der Waals surface area contributed by atoms with Gasteiger partial charge in [-0.2, -0.15) is 4.72 Å². The van der Waals surface area contributed by atoms with Gasteiger partial charge in [-0.1, -0.05) is 48.0 Å². The highest BCUT2D eigenvalue weighted by Gasteiger charge is 2.23. The molecule has 0 aliphatic heterocycles. The van der Waals surface area contributed by atoms with Gasteiger partial charge in [-0.3, -0.25) is 4.79 Å². The molecule has 0 aliphatic rings. The predicted octanol–water partition coefficient (Wildman–Crippen LogP) is 3.53. The van der Waals surface area contributed by atoms with E-state index in [9.17, 15) is 13.2 Å². The average Bonchev–Trinajstić information content (AvgIpc) is 3.16. The molecule has 3 rings (SSSR count). The maximum Gasteiger partial charge on any atom is 0.324 e. The summed E-state index contributed by atoms with van der Waals surface area (Å²) in [5.41, 5.74) is 2.56. The zero-order valence-corrected chi connectivity index (χ0v) is 17.1. The van der Waals surface area contributed by atoms with Gasteiger partial charge in [0, 0.05) is 10.9 Å². The third-order valence-corrected chi connectivity index (χ3v) is 6.45. The van der Waals surface area contributed by atoms with Gasteiger partial charge in [-0.05, 0) is 26.0 Å². The first-order valence-corrected chi connectivity index (χ1v) is 11.0. The van der Waals surface area contributed by atoms with Crippen LogP contribution in [0.5, 0.6) is 0 Å². The molecule has 0 spiro atoms. The van der Waals surface area contributed by atoms with Crippen LogP contribution in [-0.2, 0) is 26.2 Å². The smallest absolute Gasteiger partial charge is 0.324 e. The van der Waals surface area contributed by atoms with E-state index in [4.69, 9.17) is 4.74 Å². The number of benzene rings is 2. The molecule has 28 heavy (non-hydrogen) atoms. The number of hydrogen-bond acceptors (Lipinski definition) is 6. The van der Waals surface area contributed by atoms with E-state index in [1.54, 1.807) is 12.1 Å². The van der Waals surface area contributed by atoms with Crippen molar-refractivity contribution in [1.82, 2.24) is 9.71 Å². The molecular formula is C20H20N2O4S2. The summed E-state index contributed by atoms with van der Waals surface area (Å²) in [6.45, 7) is 3.30. The van der Waals surface area contributed by atoms with Crippen LogP contribution in [0.15, 0.2) is 64.9 Å². The second kappa shape index (κ2) is 8.64. The number of esters is 1. The lowest BCUT2D eigenvalue weighted by Crippen LogP contribution is -2.39. The summed E-state index contributed by atoms with van der Waals surface area (Å²) in [7, 11) is -3.80. The Morgan fingerprint density at radius 3 is 2.50 bits per heavy atom. The van der Waals surface area contributed by atoms with Crippen LogP contribution in [0.2, 0.25) is 0 Å². The van der Waals surface area contributed by atoms with Gasteiger partial charge in [-0.15, -0.1) is 11.3 Å². The normalized spacial score (nSPS) is 12.5. The van der Waals surface area contributed by atoms with Crippen LogP contribution in [0.25, 0.3) is 10.6 Å². The summed E-state index contributed by atoms with van der Waals surface area (Å²) in [5, 5.41) is 2.65. The standard InChI is InChI=1S/C20H20N2O4S2/c1-14-8-10-18(11-9-14)28(24,25)22-15(2)20(23)26-12-17-13-27-19(21-17)16-6-4-3-5-7-16/h3-11,13,15,22H,12H2,1-2H3/t15-/m0/s1. The van der Waals surface area contributed by atoms with E-state index in [0.717, 1.165) is 16.1 Å². The van der Waals surface area contributed by atoms with Gasteiger partial charge in [0.1, 0.15) is 17.7 Å². The lowest BCUT2D eigenvalue weighted by atomic mass is 10.2. The van der Waals surface area contributed by atoms with Crippen LogP contribution in [0, 0.1) is 6.92 Å². The van der Waals surface area contributed by atoms with Crippen molar-refractivity contribution in [1.29, 1.82) is 0 Å². The molecule has 3 aromatic rings. The van der Waals surface area contributed by atoms with Crippen molar-refractivity contribution in [2.24, 2.45) is 0 Å². The third kappa shape index (κ3) is 5.03. The second-order valence-corrected chi connectivity index (χ2v) is 8.85. The Morgan fingerprint density at radius 1 is 1.14 bits per heavy atom. The van der Waals surface area contributed by atoms with Crippen LogP contribution in [0.3, 0.4) is 0 Å². The fourth-order valence-electron chi connectivity index (χ4n) is 2.42. The minimum Gasteiger partial charge on any atom is -0.458 e. The molecule has 0 bridgehead atoms. The van der Waals surface area contributed by atoms with Crippen molar-refractivity contribution < 1.29 is 17.9 Å². The maximum atomic E-state index is 12.4. The molecular weight excluding hydrogens is 396 g/mol. The predicted molar refractivity (Wildman–Crippen MR) is 108 cm³/mol. The molecule has 0 saturated heterocycles. The zero-order chi connectivity index (χ0) is 20.1. The molecule has 0 amide bonds. The van der Waals surface area contributed by atoms with Gasteiger partial charge in [0.2, 0.25) is 10.0 Å². The van der Waals surface area contributed by atoms with Gasteiger partial charge in [-0.25, -0.2) is 13.4 Å². The van der Waals surface area contributed by atoms with Crippen molar-refractivity contribution in [3.63, 3.8) is 0 Å². The molecule has 8 heteroatoms. The monoisotopic (exact) mass is 416 g/mol. The Morgan fingerprint density at radius 2 is 1.82 bits per heavy atom. The molecule has 1 N–H and O–H groups in total. The molecule has 6 nitrogen and oxygen atoms in total. The molecule has 0 radical (unpaired) electrons. The molecule has 0 fully saturated rings. The highest BCUT2D eigenvalue weighted by molar-refractivity contribution is 7.89. The third-order valence-electron chi connectivity index (χ3n) is 3.95. The molecule has 146 valence electrons. The van der Waals surface area contributed by atoms with Gasteiger partial charge in [0.25, 0.3) is 0 Å². The van der Waals surface area contributed by atoms with E-state index >= 15 is 0 Å².